The van der Waals surface area contributed by atoms with Crippen molar-refractivity contribution < 1.29 is 9.90 Å². The third-order valence-corrected chi connectivity index (χ3v) is 4.62. The van der Waals surface area contributed by atoms with E-state index in [0.29, 0.717) is 5.92 Å². The van der Waals surface area contributed by atoms with Crippen LogP contribution in [0.3, 0.4) is 0 Å². The van der Waals surface area contributed by atoms with Crippen LogP contribution in [0.25, 0.3) is 0 Å². The Bertz CT molecular complexity index is 421. The maximum absolute atomic E-state index is 10.7. The Morgan fingerprint density at radius 2 is 1.95 bits per heavy atom. The van der Waals surface area contributed by atoms with Crippen LogP contribution in [0, 0.1) is 11.8 Å². The third-order valence-electron chi connectivity index (χ3n) is 4.62. The molecule has 0 aliphatic heterocycles. The first-order valence-corrected chi connectivity index (χ1v) is 7.43. The van der Waals surface area contributed by atoms with E-state index in [2.05, 4.69) is 13.8 Å². The van der Waals surface area contributed by atoms with E-state index >= 15 is 0 Å². The first-order chi connectivity index (χ1) is 9.11. The maximum Gasteiger partial charge on any atom is 0.0715 e. The molecule has 19 heavy (non-hydrogen) atoms. The lowest BCUT2D eigenvalue weighted by molar-refractivity contribution is -0.255. The van der Waals surface area contributed by atoms with E-state index in [1.807, 2.05) is 12.1 Å². The van der Waals surface area contributed by atoms with Crippen LogP contribution in [0.5, 0.6) is 0 Å². The zero-order valence-electron chi connectivity index (χ0n) is 11.9. The van der Waals surface area contributed by atoms with Gasteiger partial charge in [-0.3, -0.25) is 0 Å². The molecule has 2 rings (SSSR count). The molecule has 0 saturated heterocycles. The molecule has 1 aromatic carbocycles. The van der Waals surface area contributed by atoms with Crippen molar-refractivity contribution in [3.05, 3.63) is 35.4 Å². The number of carbonyl (C=O) groups excluding carboxylic acids is 1. The molecule has 1 fully saturated rings. The minimum atomic E-state index is -1.09. The van der Waals surface area contributed by atoms with Gasteiger partial charge in [0.1, 0.15) is 0 Å². The minimum absolute atomic E-state index is 0.275. The second-order valence-corrected chi connectivity index (χ2v) is 5.95. The number of benzene rings is 1. The molecule has 0 heterocycles. The fourth-order valence-corrected chi connectivity index (χ4v) is 3.45. The largest absolute Gasteiger partial charge is 0.545 e. The van der Waals surface area contributed by atoms with Gasteiger partial charge in [-0.1, -0.05) is 51.0 Å². The van der Waals surface area contributed by atoms with Gasteiger partial charge in [-0.25, -0.2) is 0 Å². The van der Waals surface area contributed by atoms with Crippen molar-refractivity contribution >= 4 is 5.97 Å². The molecule has 0 spiro atoms. The van der Waals surface area contributed by atoms with Crippen LogP contribution in [0.15, 0.2) is 24.3 Å². The van der Waals surface area contributed by atoms with Crippen molar-refractivity contribution in [2.75, 3.05) is 0 Å². The van der Waals surface area contributed by atoms with Crippen molar-refractivity contribution in [2.45, 2.75) is 51.9 Å². The van der Waals surface area contributed by atoms with E-state index < -0.39 is 5.97 Å². The lowest BCUT2D eigenvalue weighted by Crippen LogP contribution is -2.23. The molecule has 104 valence electrons. The van der Waals surface area contributed by atoms with Gasteiger partial charge in [0.2, 0.25) is 0 Å². The quantitative estimate of drug-likeness (QED) is 0.831. The van der Waals surface area contributed by atoms with Crippen LogP contribution < -0.4 is 5.11 Å². The van der Waals surface area contributed by atoms with Gasteiger partial charge in [-0.2, -0.15) is 0 Å². The number of aromatic carboxylic acids is 1. The van der Waals surface area contributed by atoms with E-state index in [1.165, 1.54) is 37.7 Å². The Labute approximate surface area is 115 Å². The molecule has 0 aromatic heterocycles. The van der Waals surface area contributed by atoms with Crippen molar-refractivity contribution in [3.63, 3.8) is 0 Å². The van der Waals surface area contributed by atoms with Crippen LogP contribution >= 0.6 is 0 Å². The Morgan fingerprint density at radius 1 is 1.26 bits per heavy atom. The zero-order valence-corrected chi connectivity index (χ0v) is 11.9. The summed E-state index contributed by atoms with van der Waals surface area (Å²) in [7, 11) is 0. The van der Waals surface area contributed by atoms with Crippen LogP contribution in [0.2, 0.25) is 0 Å². The molecule has 2 nitrogen and oxygen atoms in total. The molecule has 1 saturated carbocycles. The van der Waals surface area contributed by atoms with Crippen LogP contribution in [0.1, 0.15) is 67.8 Å². The molecular formula is C17H23O2-. The highest BCUT2D eigenvalue weighted by Gasteiger charge is 2.27. The number of carbonyl (C=O) groups is 1. The summed E-state index contributed by atoms with van der Waals surface area (Å²) in [6, 6.07) is 7.27. The van der Waals surface area contributed by atoms with Crippen LogP contribution in [-0.2, 0) is 0 Å². The second-order valence-electron chi connectivity index (χ2n) is 5.95. The monoisotopic (exact) mass is 259 g/mol. The molecule has 0 radical (unpaired) electrons. The van der Waals surface area contributed by atoms with Gasteiger partial charge in [0.05, 0.1) is 5.97 Å². The predicted molar refractivity (Wildman–Crippen MR) is 74.9 cm³/mol. The number of carboxylic acid groups (broad SMARTS) is 1. The molecule has 2 heteroatoms. The van der Waals surface area contributed by atoms with Crippen LogP contribution in [0.4, 0.5) is 0 Å². The summed E-state index contributed by atoms with van der Waals surface area (Å²) in [5, 5.41) is 10.7. The number of rotatable bonds is 4. The summed E-state index contributed by atoms with van der Waals surface area (Å²) in [5.74, 6) is 1.16. The molecule has 3 atom stereocenters. The average Bonchev–Trinajstić information content (AvgIpc) is 2.41. The lowest BCUT2D eigenvalue weighted by Gasteiger charge is -2.34. The Morgan fingerprint density at radius 3 is 2.47 bits per heavy atom. The lowest BCUT2D eigenvalue weighted by atomic mass is 9.71. The molecule has 1 aromatic rings. The van der Waals surface area contributed by atoms with E-state index in [-0.39, 0.29) is 5.56 Å². The van der Waals surface area contributed by atoms with Gasteiger partial charge in [0.25, 0.3) is 0 Å². The van der Waals surface area contributed by atoms with E-state index in [9.17, 15) is 9.90 Å². The first kappa shape index (κ1) is 14.1. The summed E-state index contributed by atoms with van der Waals surface area (Å²) in [6.45, 7) is 4.62. The molecular weight excluding hydrogens is 236 g/mol. The van der Waals surface area contributed by atoms with E-state index in [0.717, 1.165) is 11.8 Å². The molecule has 0 unspecified atom stereocenters. The van der Waals surface area contributed by atoms with Gasteiger partial charge < -0.3 is 9.90 Å². The SMILES string of the molecule is CCC[C@@H]1CC[C@@H](c2ccc(C(=O)[O-])cc2)C[C@@H]1C. The second kappa shape index (κ2) is 6.23. The fraction of sp³-hybridized carbons (Fsp3) is 0.588. The number of hydrogen-bond donors (Lipinski definition) is 0. The summed E-state index contributed by atoms with van der Waals surface area (Å²) >= 11 is 0. The first-order valence-electron chi connectivity index (χ1n) is 7.43. The molecule has 0 N–H and O–H groups in total. The molecule has 1 aliphatic carbocycles. The van der Waals surface area contributed by atoms with Gasteiger partial charge in [0, 0.05) is 0 Å². The molecule has 0 amide bonds. The summed E-state index contributed by atoms with van der Waals surface area (Å²) in [5.41, 5.74) is 1.56. The summed E-state index contributed by atoms with van der Waals surface area (Å²) in [4.78, 5) is 10.7. The van der Waals surface area contributed by atoms with Gasteiger partial charge in [0.15, 0.2) is 0 Å². The molecule has 1 aliphatic rings. The maximum atomic E-state index is 10.7. The van der Waals surface area contributed by atoms with E-state index in [1.54, 1.807) is 12.1 Å². The zero-order chi connectivity index (χ0) is 13.8. The Kier molecular flexibility index (Phi) is 4.62. The Balaban J connectivity index is 2.01. The highest BCUT2D eigenvalue weighted by molar-refractivity contribution is 5.85. The third kappa shape index (κ3) is 3.37. The predicted octanol–water partition coefficient (Wildman–Crippen LogP) is 3.37. The standard InChI is InChI=1S/C17H24O2/c1-3-4-13-5-10-16(11-12(13)2)14-6-8-15(9-7-14)17(18)19/h6-9,12-13,16H,3-5,10-11H2,1-2H3,(H,18,19)/p-1/t12-,13+,16+/m0/s1. The van der Waals surface area contributed by atoms with Gasteiger partial charge in [-0.05, 0) is 48.1 Å². The smallest absolute Gasteiger partial charge is 0.0715 e. The fourth-order valence-electron chi connectivity index (χ4n) is 3.45. The normalized spacial score (nSPS) is 27.2. The van der Waals surface area contributed by atoms with Crippen molar-refractivity contribution in [1.29, 1.82) is 0 Å². The highest BCUT2D eigenvalue weighted by atomic mass is 16.4. The van der Waals surface area contributed by atoms with Crippen LogP contribution in [-0.4, -0.2) is 5.97 Å². The summed E-state index contributed by atoms with van der Waals surface area (Å²) in [6.07, 6.45) is 6.40. The minimum Gasteiger partial charge on any atom is -0.545 e. The van der Waals surface area contributed by atoms with E-state index in [4.69, 9.17) is 0 Å². The van der Waals surface area contributed by atoms with Crippen molar-refractivity contribution in [1.82, 2.24) is 0 Å². The Hall–Kier alpha value is -1.31. The van der Waals surface area contributed by atoms with Crippen molar-refractivity contribution in [2.24, 2.45) is 11.8 Å². The highest BCUT2D eigenvalue weighted by Crippen LogP contribution is 2.41. The summed E-state index contributed by atoms with van der Waals surface area (Å²) < 4.78 is 0. The number of carboxylic acids is 1. The molecule has 0 bridgehead atoms. The van der Waals surface area contributed by atoms with Crippen molar-refractivity contribution in [3.8, 4) is 0 Å². The van der Waals surface area contributed by atoms with Gasteiger partial charge in [-0.15, -0.1) is 0 Å². The van der Waals surface area contributed by atoms with Gasteiger partial charge >= 0.3 is 0 Å². The topological polar surface area (TPSA) is 40.1 Å². The average molecular weight is 259 g/mol. The number of hydrogen-bond acceptors (Lipinski definition) is 2.